The van der Waals surface area contributed by atoms with Crippen LogP contribution >= 0.6 is 0 Å². The summed E-state index contributed by atoms with van der Waals surface area (Å²) in [7, 11) is 1.90. The van der Waals surface area contributed by atoms with Crippen LogP contribution in [0.25, 0.3) is 0 Å². The molecule has 0 aromatic carbocycles. The maximum Gasteiger partial charge on any atom is 0.0351 e. The smallest absolute Gasteiger partial charge is 0.0351 e. The van der Waals surface area contributed by atoms with Crippen molar-refractivity contribution in [3.8, 4) is 0 Å². The predicted molar refractivity (Wildman–Crippen MR) is 46.0 cm³/mol. The van der Waals surface area contributed by atoms with Gasteiger partial charge in [0.2, 0.25) is 0 Å². The van der Waals surface area contributed by atoms with Crippen molar-refractivity contribution in [3.05, 3.63) is 12.3 Å². The van der Waals surface area contributed by atoms with Crippen LogP contribution in [0.3, 0.4) is 0 Å². The van der Waals surface area contributed by atoms with Crippen LogP contribution in [0.1, 0.15) is 27.2 Å². The maximum atomic E-state index is 4.25. The summed E-state index contributed by atoms with van der Waals surface area (Å²) < 4.78 is 0. The standard InChI is InChI=1S/C8H16N2/c1-6-8(4)9-10(5)7(2)3/h2,6H2,1,3-5H3. The second-order valence-corrected chi connectivity index (χ2v) is 2.45. The fourth-order valence-corrected chi connectivity index (χ4v) is 0.412. The van der Waals surface area contributed by atoms with Crippen LogP contribution < -0.4 is 0 Å². The van der Waals surface area contributed by atoms with Gasteiger partial charge in [-0.1, -0.05) is 13.5 Å². The molecule has 0 aliphatic heterocycles. The third-order valence-corrected chi connectivity index (χ3v) is 1.38. The molecule has 0 aromatic heterocycles. The summed E-state index contributed by atoms with van der Waals surface area (Å²) in [4.78, 5) is 0. The Morgan fingerprint density at radius 1 is 1.50 bits per heavy atom. The van der Waals surface area contributed by atoms with E-state index in [0.29, 0.717) is 0 Å². The van der Waals surface area contributed by atoms with Gasteiger partial charge in [-0.25, -0.2) is 0 Å². The lowest BCUT2D eigenvalue weighted by Crippen LogP contribution is -2.09. The highest BCUT2D eigenvalue weighted by molar-refractivity contribution is 5.81. The molecule has 0 atom stereocenters. The molecule has 2 nitrogen and oxygen atoms in total. The quantitative estimate of drug-likeness (QED) is 0.433. The molecule has 0 unspecified atom stereocenters. The average molecular weight is 140 g/mol. The van der Waals surface area contributed by atoms with E-state index in [4.69, 9.17) is 0 Å². The van der Waals surface area contributed by atoms with Gasteiger partial charge in [0.05, 0.1) is 0 Å². The third-order valence-electron chi connectivity index (χ3n) is 1.38. The lowest BCUT2D eigenvalue weighted by atomic mass is 10.3. The van der Waals surface area contributed by atoms with Crippen LogP contribution in [-0.2, 0) is 0 Å². The molecule has 0 amide bonds. The third kappa shape index (κ3) is 3.28. The van der Waals surface area contributed by atoms with Crippen molar-refractivity contribution < 1.29 is 0 Å². The van der Waals surface area contributed by atoms with Crippen molar-refractivity contribution in [2.24, 2.45) is 5.10 Å². The van der Waals surface area contributed by atoms with E-state index in [2.05, 4.69) is 18.6 Å². The summed E-state index contributed by atoms with van der Waals surface area (Å²) >= 11 is 0. The summed E-state index contributed by atoms with van der Waals surface area (Å²) in [6.07, 6.45) is 0.998. The molecule has 0 saturated carbocycles. The van der Waals surface area contributed by atoms with Crippen LogP contribution in [0.2, 0.25) is 0 Å². The number of hydrogen-bond donors (Lipinski definition) is 0. The zero-order valence-corrected chi connectivity index (χ0v) is 7.31. The Bertz CT molecular complexity index is 147. The molecule has 0 spiro atoms. The van der Waals surface area contributed by atoms with Gasteiger partial charge in [0.1, 0.15) is 0 Å². The Kier molecular flexibility index (Phi) is 3.77. The molecule has 0 radical (unpaired) electrons. The minimum absolute atomic E-state index is 0.966. The fraction of sp³-hybridized carbons (Fsp3) is 0.625. The van der Waals surface area contributed by atoms with Gasteiger partial charge >= 0.3 is 0 Å². The van der Waals surface area contributed by atoms with Crippen LogP contribution in [-0.4, -0.2) is 17.8 Å². The van der Waals surface area contributed by atoms with Crippen molar-refractivity contribution in [3.63, 3.8) is 0 Å². The van der Waals surface area contributed by atoms with E-state index in [0.717, 1.165) is 17.8 Å². The summed E-state index contributed by atoms with van der Waals surface area (Å²) in [6, 6.07) is 0. The van der Waals surface area contributed by atoms with Crippen LogP contribution in [0.15, 0.2) is 17.4 Å². The largest absolute Gasteiger partial charge is 0.274 e. The Labute approximate surface area is 63.2 Å². The first-order chi connectivity index (χ1) is 4.57. The molecular weight excluding hydrogens is 124 g/mol. The monoisotopic (exact) mass is 140 g/mol. The zero-order valence-electron chi connectivity index (χ0n) is 7.31. The second-order valence-electron chi connectivity index (χ2n) is 2.45. The first kappa shape index (κ1) is 9.21. The lowest BCUT2D eigenvalue weighted by Gasteiger charge is -2.12. The fourth-order valence-electron chi connectivity index (χ4n) is 0.412. The SMILES string of the molecule is C=C(C)N(C)N=C(C)CC. The van der Waals surface area contributed by atoms with Crippen molar-refractivity contribution in [2.75, 3.05) is 7.05 Å². The lowest BCUT2D eigenvalue weighted by molar-refractivity contribution is 0.448. The van der Waals surface area contributed by atoms with Crippen molar-refractivity contribution >= 4 is 5.71 Å². The van der Waals surface area contributed by atoms with E-state index >= 15 is 0 Å². The zero-order chi connectivity index (χ0) is 8.15. The van der Waals surface area contributed by atoms with Crippen molar-refractivity contribution in [2.45, 2.75) is 27.2 Å². The molecule has 0 N–H and O–H groups in total. The molecule has 10 heavy (non-hydrogen) atoms. The molecule has 0 heterocycles. The molecule has 58 valence electrons. The molecular formula is C8H16N2. The Balaban J connectivity index is 3.99. The van der Waals surface area contributed by atoms with Crippen molar-refractivity contribution in [1.82, 2.24) is 5.01 Å². The highest BCUT2D eigenvalue weighted by Gasteiger charge is 1.92. The van der Waals surface area contributed by atoms with E-state index < -0.39 is 0 Å². The van der Waals surface area contributed by atoms with Gasteiger partial charge in [-0.3, -0.25) is 5.01 Å². The minimum Gasteiger partial charge on any atom is -0.274 e. The number of allylic oxidation sites excluding steroid dienone is 1. The number of hydrazone groups is 1. The topological polar surface area (TPSA) is 15.6 Å². The summed E-state index contributed by atoms with van der Waals surface area (Å²) in [5.74, 6) is 0. The number of rotatable bonds is 3. The van der Waals surface area contributed by atoms with Gasteiger partial charge < -0.3 is 0 Å². The van der Waals surface area contributed by atoms with Crippen LogP contribution in [0, 0.1) is 0 Å². The van der Waals surface area contributed by atoms with Gasteiger partial charge in [0, 0.05) is 18.5 Å². The first-order valence-electron chi connectivity index (χ1n) is 3.51. The van der Waals surface area contributed by atoms with E-state index in [-0.39, 0.29) is 0 Å². The van der Waals surface area contributed by atoms with Gasteiger partial charge in [-0.05, 0) is 20.3 Å². The highest BCUT2D eigenvalue weighted by Crippen LogP contribution is 1.97. The Morgan fingerprint density at radius 3 is 2.30 bits per heavy atom. The number of hydrogen-bond acceptors (Lipinski definition) is 2. The van der Waals surface area contributed by atoms with E-state index in [1.807, 2.05) is 20.9 Å². The normalized spacial score (nSPS) is 11.4. The van der Waals surface area contributed by atoms with Crippen LogP contribution in [0.4, 0.5) is 0 Å². The first-order valence-corrected chi connectivity index (χ1v) is 3.51. The maximum absolute atomic E-state index is 4.25. The minimum atomic E-state index is 0.966. The average Bonchev–Trinajstić information content (AvgIpc) is 1.87. The van der Waals surface area contributed by atoms with Gasteiger partial charge in [-0.15, -0.1) is 0 Å². The summed E-state index contributed by atoms with van der Waals surface area (Å²) in [5.41, 5.74) is 2.10. The molecule has 2 heteroatoms. The van der Waals surface area contributed by atoms with Gasteiger partial charge in [-0.2, -0.15) is 5.10 Å². The second kappa shape index (κ2) is 4.09. The molecule has 0 aliphatic carbocycles. The van der Waals surface area contributed by atoms with Crippen molar-refractivity contribution in [1.29, 1.82) is 0 Å². The molecule has 0 saturated heterocycles. The molecule has 0 aliphatic rings. The van der Waals surface area contributed by atoms with Gasteiger partial charge in [0.15, 0.2) is 0 Å². The molecule has 0 bridgehead atoms. The number of nitrogens with zero attached hydrogens (tertiary/aromatic N) is 2. The van der Waals surface area contributed by atoms with Crippen LogP contribution in [0.5, 0.6) is 0 Å². The Morgan fingerprint density at radius 2 is 2.00 bits per heavy atom. The Hall–Kier alpha value is -0.790. The molecule has 0 fully saturated rings. The van der Waals surface area contributed by atoms with Gasteiger partial charge in [0.25, 0.3) is 0 Å². The molecule has 0 rings (SSSR count). The van der Waals surface area contributed by atoms with E-state index in [1.54, 1.807) is 5.01 Å². The highest BCUT2D eigenvalue weighted by atomic mass is 15.4. The predicted octanol–water partition coefficient (Wildman–Crippen LogP) is 2.24. The molecule has 0 aromatic rings. The van der Waals surface area contributed by atoms with E-state index in [1.165, 1.54) is 0 Å². The summed E-state index contributed by atoms with van der Waals surface area (Å²) in [6.45, 7) is 9.80. The summed E-state index contributed by atoms with van der Waals surface area (Å²) in [5, 5.41) is 6.04. The van der Waals surface area contributed by atoms with E-state index in [9.17, 15) is 0 Å².